The molecule has 4 heteroatoms. The molecule has 0 aromatic heterocycles. The van der Waals surface area contributed by atoms with Gasteiger partial charge in [0, 0.05) is 24.7 Å². The molecular formula is C19H22FNO2. The number of hydrogen-bond acceptors (Lipinski definition) is 3. The van der Waals surface area contributed by atoms with E-state index in [0.29, 0.717) is 30.4 Å². The van der Waals surface area contributed by atoms with Crippen LogP contribution in [0, 0.1) is 12.7 Å². The molecule has 3 rings (SSSR count). The normalized spacial score (nSPS) is 15.8. The summed E-state index contributed by atoms with van der Waals surface area (Å²) in [4.78, 5) is 2.20. The van der Waals surface area contributed by atoms with Crippen LogP contribution in [0.5, 0.6) is 5.75 Å². The molecule has 2 aromatic rings. The van der Waals surface area contributed by atoms with Crippen LogP contribution in [0.15, 0.2) is 42.5 Å². The van der Waals surface area contributed by atoms with Gasteiger partial charge in [0.25, 0.3) is 0 Å². The highest BCUT2D eigenvalue weighted by atomic mass is 19.1. The number of phenolic OH excluding ortho intramolecular Hbond substituents is 1. The van der Waals surface area contributed by atoms with Crippen molar-refractivity contribution in [3.8, 4) is 5.75 Å². The fraction of sp³-hybridized carbons (Fsp3) is 0.368. The number of nitrogens with zero attached hydrogens (tertiary/aromatic N) is 1. The number of halogens is 1. The van der Waals surface area contributed by atoms with E-state index in [-0.39, 0.29) is 5.82 Å². The minimum Gasteiger partial charge on any atom is -0.507 e. The van der Waals surface area contributed by atoms with Gasteiger partial charge in [-0.25, -0.2) is 4.39 Å². The molecule has 1 aliphatic carbocycles. The summed E-state index contributed by atoms with van der Waals surface area (Å²) in [5.74, 6) is 0.0269. The molecule has 1 fully saturated rings. The number of hydrogen-bond donors (Lipinski definition) is 2. The van der Waals surface area contributed by atoms with Gasteiger partial charge in [0.2, 0.25) is 0 Å². The second-order valence-electron chi connectivity index (χ2n) is 6.31. The van der Waals surface area contributed by atoms with E-state index >= 15 is 0 Å². The van der Waals surface area contributed by atoms with Crippen molar-refractivity contribution in [3.63, 3.8) is 0 Å². The highest BCUT2D eigenvalue weighted by molar-refractivity contribution is 5.39. The molecule has 122 valence electrons. The lowest BCUT2D eigenvalue weighted by Crippen LogP contribution is -2.30. The van der Waals surface area contributed by atoms with E-state index in [4.69, 9.17) is 0 Å². The van der Waals surface area contributed by atoms with Crippen molar-refractivity contribution in [3.05, 3.63) is 65.0 Å². The predicted octanol–water partition coefficient (Wildman–Crippen LogP) is 3.54. The Balaban J connectivity index is 1.72. The number of aromatic hydroxyl groups is 1. The molecule has 0 spiro atoms. The zero-order valence-electron chi connectivity index (χ0n) is 13.2. The Morgan fingerprint density at radius 2 is 1.87 bits per heavy atom. The minimum atomic E-state index is -0.664. The summed E-state index contributed by atoms with van der Waals surface area (Å²) in [7, 11) is 0. The fourth-order valence-corrected chi connectivity index (χ4v) is 2.86. The number of para-hydroxylation sites is 1. The van der Waals surface area contributed by atoms with Gasteiger partial charge in [-0.05, 0) is 43.0 Å². The summed E-state index contributed by atoms with van der Waals surface area (Å²) in [6, 6.07) is 12.2. The van der Waals surface area contributed by atoms with Gasteiger partial charge in [-0.3, -0.25) is 4.90 Å². The molecule has 1 atom stereocenters. The third-order valence-electron chi connectivity index (χ3n) is 4.42. The Labute approximate surface area is 136 Å². The topological polar surface area (TPSA) is 43.7 Å². The van der Waals surface area contributed by atoms with Crippen molar-refractivity contribution in [2.45, 2.75) is 38.5 Å². The highest BCUT2D eigenvalue weighted by Crippen LogP contribution is 2.32. The molecule has 1 saturated carbocycles. The first kappa shape index (κ1) is 16.0. The van der Waals surface area contributed by atoms with Crippen LogP contribution in [0.25, 0.3) is 0 Å². The van der Waals surface area contributed by atoms with E-state index in [1.54, 1.807) is 12.1 Å². The number of aliphatic hydroxyl groups excluding tert-OH is 1. The van der Waals surface area contributed by atoms with E-state index in [9.17, 15) is 14.6 Å². The molecule has 2 N–H and O–H groups in total. The van der Waals surface area contributed by atoms with Crippen molar-refractivity contribution in [1.82, 2.24) is 4.90 Å². The quantitative estimate of drug-likeness (QED) is 0.857. The van der Waals surface area contributed by atoms with Crippen LogP contribution in [0.1, 0.15) is 35.6 Å². The first-order valence-corrected chi connectivity index (χ1v) is 7.99. The lowest BCUT2D eigenvalue weighted by atomic mass is 10.1. The van der Waals surface area contributed by atoms with Crippen LogP contribution < -0.4 is 0 Å². The minimum absolute atomic E-state index is 0.301. The maximum absolute atomic E-state index is 13.0. The lowest BCUT2D eigenvalue weighted by Gasteiger charge is -2.26. The first-order chi connectivity index (χ1) is 11.0. The SMILES string of the molecule is Cc1cccc(CN(CC(O)c2ccc(F)cc2)C2CC2)c1O. The first-order valence-electron chi connectivity index (χ1n) is 7.99. The molecule has 3 nitrogen and oxygen atoms in total. The maximum Gasteiger partial charge on any atom is 0.123 e. The number of aliphatic hydroxyl groups is 1. The zero-order valence-corrected chi connectivity index (χ0v) is 13.2. The molecule has 0 bridgehead atoms. The van der Waals surface area contributed by atoms with Gasteiger partial charge >= 0.3 is 0 Å². The van der Waals surface area contributed by atoms with Crippen LogP contribution in [0.4, 0.5) is 4.39 Å². The number of phenols is 1. The summed E-state index contributed by atoms with van der Waals surface area (Å²) >= 11 is 0. The second kappa shape index (κ2) is 6.69. The molecule has 0 radical (unpaired) electrons. The summed E-state index contributed by atoms with van der Waals surface area (Å²) in [5.41, 5.74) is 2.45. The monoisotopic (exact) mass is 315 g/mol. The van der Waals surface area contributed by atoms with Crippen molar-refractivity contribution in [1.29, 1.82) is 0 Å². The number of benzene rings is 2. The molecule has 1 aliphatic rings. The Morgan fingerprint density at radius 1 is 1.17 bits per heavy atom. The van der Waals surface area contributed by atoms with Gasteiger partial charge < -0.3 is 10.2 Å². The molecular weight excluding hydrogens is 293 g/mol. The zero-order chi connectivity index (χ0) is 16.4. The van der Waals surface area contributed by atoms with Gasteiger partial charge in [0.1, 0.15) is 11.6 Å². The van der Waals surface area contributed by atoms with Crippen LogP contribution in [0.3, 0.4) is 0 Å². The Bertz CT molecular complexity index is 668. The largest absolute Gasteiger partial charge is 0.507 e. The van der Waals surface area contributed by atoms with Gasteiger partial charge in [0.15, 0.2) is 0 Å². The third kappa shape index (κ3) is 3.89. The molecule has 0 saturated heterocycles. The molecule has 2 aromatic carbocycles. The van der Waals surface area contributed by atoms with Crippen molar-refractivity contribution in [2.75, 3.05) is 6.54 Å². The van der Waals surface area contributed by atoms with E-state index in [1.165, 1.54) is 12.1 Å². The lowest BCUT2D eigenvalue weighted by molar-refractivity contribution is 0.104. The van der Waals surface area contributed by atoms with Gasteiger partial charge in [-0.15, -0.1) is 0 Å². The number of aryl methyl sites for hydroxylation is 1. The molecule has 0 heterocycles. The van der Waals surface area contributed by atoms with Crippen LogP contribution >= 0.6 is 0 Å². The smallest absolute Gasteiger partial charge is 0.123 e. The molecule has 1 unspecified atom stereocenters. The van der Waals surface area contributed by atoms with Crippen molar-refractivity contribution in [2.24, 2.45) is 0 Å². The molecule has 0 aliphatic heterocycles. The predicted molar refractivity (Wildman–Crippen MR) is 87.6 cm³/mol. The number of rotatable bonds is 6. The Hall–Kier alpha value is -1.91. The van der Waals surface area contributed by atoms with E-state index < -0.39 is 6.10 Å². The maximum atomic E-state index is 13.0. The molecule has 0 amide bonds. The van der Waals surface area contributed by atoms with Crippen LogP contribution in [-0.2, 0) is 6.54 Å². The average molecular weight is 315 g/mol. The Morgan fingerprint density at radius 3 is 2.52 bits per heavy atom. The standard InChI is InChI=1S/C19H22FNO2/c1-13-3-2-4-15(19(13)23)11-21(17-9-10-17)12-18(22)14-5-7-16(20)8-6-14/h2-8,17-18,22-23H,9-12H2,1H3. The van der Waals surface area contributed by atoms with Crippen molar-refractivity contribution >= 4 is 0 Å². The van der Waals surface area contributed by atoms with Crippen LogP contribution in [0.2, 0.25) is 0 Å². The average Bonchev–Trinajstić information content (AvgIpc) is 3.36. The summed E-state index contributed by atoms with van der Waals surface area (Å²) in [6.45, 7) is 2.97. The third-order valence-corrected chi connectivity index (χ3v) is 4.42. The highest BCUT2D eigenvalue weighted by Gasteiger charge is 2.31. The Kier molecular flexibility index (Phi) is 4.64. The van der Waals surface area contributed by atoms with E-state index in [0.717, 1.165) is 24.0 Å². The van der Waals surface area contributed by atoms with Gasteiger partial charge in [-0.1, -0.05) is 30.3 Å². The fourth-order valence-electron chi connectivity index (χ4n) is 2.86. The molecule has 23 heavy (non-hydrogen) atoms. The van der Waals surface area contributed by atoms with Crippen molar-refractivity contribution < 1.29 is 14.6 Å². The van der Waals surface area contributed by atoms with Gasteiger partial charge in [0.05, 0.1) is 6.10 Å². The second-order valence-corrected chi connectivity index (χ2v) is 6.31. The van der Waals surface area contributed by atoms with E-state index in [2.05, 4.69) is 4.90 Å². The van der Waals surface area contributed by atoms with Gasteiger partial charge in [-0.2, -0.15) is 0 Å². The summed E-state index contributed by atoms with van der Waals surface area (Å²) in [5, 5.41) is 20.6. The summed E-state index contributed by atoms with van der Waals surface area (Å²) < 4.78 is 13.0. The van der Waals surface area contributed by atoms with Crippen LogP contribution in [-0.4, -0.2) is 27.7 Å². The summed E-state index contributed by atoms with van der Waals surface area (Å²) in [6.07, 6.45) is 1.56. The van der Waals surface area contributed by atoms with E-state index in [1.807, 2.05) is 25.1 Å².